The van der Waals surface area contributed by atoms with Crippen molar-refractivity contribution >= 4 is 33.9 Å². The Balaban J connectivity index is 1.27. The second-order valence-corrected chi connectivity index (χ2v) is 9.57. The molecule has 8 nitrogen and oxygen atoms in total. The van der Waals surface area contributed by atoms with Gasteiger partial charge in [0.05, 0.1) is 34.2 Å². The van der Waals surface area contributed by atoms with E-state index in [-0.39, 0.29) is 11.5 Å². The van der Waals surface area contributed by atoms with Crippen LogP contribution in [0.4, 0.5) is 0 Å². The van der Waals surface area contributed by atoms with E-state index in [1.54, 1.807) is 24.3 Å². The van der Waals surface area contributed by atoms with Gasteiger partial charge in [-0.1, -0.05) is 43.5 Å². The molecule has 1 aliphatic rings. The Hall–Kier alpha value is -4.46. The molecule has 0 atom stereocenters. The van der Waals surface area contributed by atoms with Gasteiger partial charge in [-0.2, -0.15) is 0 Å². The number of aromatic carboxylic acids is 1. The van der Waals surface area contributed by atoms with Crippen molar-refractivity contribution in [2.75, 3.05) is 0 Å². The van der Waals surface area contributed by atoms with Crippen LogP contribution in [-0.4, -0.2) is 36.5 Å². The van der Waals surface area contributed by atoms with Gasteiger partial charge in [-0.3, -0.25) is 4.79 Å². The third-order valence-electron chi connectivity index (χ3n) is 7.14. The van der Waals surface area contributed by atoms with Gasteiger partial charge < -0.3 is 20.0 Å². The highest BCUT2D eigenvalue weighted by atomic mass is 16.4. The number of benzene rings is 3. The predicted molar refractivity (Wildman–Crippen MR) is 142 cm³/mol. The Morgan fingerprint density at radius 3 is 2.43 bits per heavy atom. The molecule has 0 aliphatic heterocycles. The zero-order valence-electron chi connectivity index (χ0n) is 20.3. The van der Waals surface area contributed by atoms with Crippen molar-refractivity contribution in [3.63, 3.8) is 0 Å². The summed E-state index contributed by atoms with van der Waals surface area (Å²) in [5.41, 5.74) is 5.09. The fraction of sp³-hybridized carbons (Fsp3) is 0.241. The van der Waals surface area contributed by atoms with Gasteiger partial charge in [0, 0.05) is 17.2 Å². The van der Waals surface area contributed by atoms with Crippen LogP contribution in [0.2, 0.25) is 0 Å². The molecule has 3 aromatic carbocycles. The Morgan fingerprint density at radius 2 is 1.68 bits per heavy atom. The lowest BCUT2D eigenvalue weighted by atomic mass is 9.94. The standard InChI is InChI=1S/C29H27N5O3/c35-28(30-17-26-31-22-8-4-5-9-23(22)32-26)19-12-10-18(11-13-19)27-33-24-16-20(29(36)37)14-15-25(24)34(27)21-6-2-1-3-7-21/h4-5,8-16,21H,1-3,6-7,17H2,(H,30,35)(H,31,32)(H,36,37). The summed E-state index contributed by atoms with van der Waals surface area (Å²) in [5, 5.41) is 12.4. The topological polar surface area (TPSA) is 113 Å². The van der Waals surface area contributed by atoms with Gasteiger partial charge in [0.15, 0.2) is 0 Å². The van der Waals surface area contributed by atoms with Crippen LogP contribution >= 0.6 is 0 Å². The number of carbonyl (C=O) groups is 2. The normalized spacial score (nSPS) is 14.3. The molecule has 0 unspecified atom stereocenters. The van der Waals surface area contributed by atoms with Crippen LogP contribution in [0.15, 0.2) is 66.7 Å². The SMILES string of the molecule is O=C(O)c1ccc2c(c1)nc(-c1ccc(C(=O)NCc3nc4ccccc4[nH]3)cc1)n2C1CCCCC1. The summed E-state index contributed by atoms with van der Waals surface area (Å²) >= 11 is 0. The van der Waals surface area contributed by atoms with E-state index >= 15 is 0 Å². The minimum Gasteiger partial charge on any atom is -0.478 e. The van der Waals surface area contributed by atoms with Crippen LogP contribution in [0.1, 0.15) is 64.7 Å². The number of para-hydroxylation sites is 2. The molecule has 1 aliphatic carbocycles. The van der Waals surface area contributed by atoms with Gasteiger partial charge in [-0.05, 0) is 55.3 Å². The second-order valence-electron chi connectivity index (χ2n) is 9.57. The maximum absolute atomic E-state index is 12.8. The van der Waals surface area contributed by atoms with Crippen molar-refractivity contribution in [1.29, 1.82) is 0 Å². The number of aromatic amines is 1. The highest BCUT2D eigenvalue weighted by Gasteiger charge is 2.23. The van der Waals surface area contributed by atoms with Crippen molar-refractivity contribution in [2.45, 2.75) is 44.7 Å². The van der Waals surface area contributed by atoms with Crippen LogP contribution in [-0.2, 0) is 6.54 Å². The number of imidazole rings is 2. The Morgan fingerprint density at radius 1 is 0.919 bits per heavy atom. The van der Waals surface area contributed by atoms with E-state index in [1.165, 1.54) is 19.3 Å². The first-order chi connectivity index (χ1) is 18.1. The van der Waals surface area contributed by atoms with Crippen LogP contribution < -0.4 is 5.32 Å². The van der Waals surface area contributed by atoms with E-state index in [1.807, 2.05) is 42.5 Å². The van der Waals surface area contributed by atoms with Crippen molar-refractivity contribution in [1.82, 2.24) is 24.8 Å². The molecule has 8 heteroatoms. The molecule has 1 saturated carbocycles. The maximum atomic E-state index is 12.8. The summed E-state index contributed by atoms with van der Waals surface area (Å²) in [4.78, 5) is 36.9. The summed E-state index contributed by atoms with van der Waals surface area (Å²) in [7, 11) is 0. The number of carboxylic acids is 1. The fourth-order valence-corrected chi connectivity index (χ4v) is 5.27. The number of hydrogen-bond donors (Lipinski definition) is 3. The molecule has 5 aromatic rings. The van der Waals surface area contributed by atoms with Crippen molar-refractivity contribution < 1.29 is 14.7 Å². The number of H-pyrrole nitrogens is 1. The van der Waals surface area contributed by atoms with Gasteiger partial charge in [-0.15, -0.1) is 0 Å². The first kappa shape index (κ1) is 23.0. The molecule has 37 heavy (non-hydrogen) atoms. The number of carbonyl (C=O) groups excluding carboxylic acids is 1. The number of nitrogens with one attached hydrogen (secondary N) is 2. The summed E-state index contributed by atoms with van der Waals surface area (Å²) in [6.07, 6.45) is 5.71. The summed E-state index contributed by atoms with van der Waals surface area (Å²) < 4.78 is 2.26. The summed E-state index contributed by atoms with van der Waals surface area (Å²) in [6.45, 7) is 0.304. The van der Waals surface area contributed by atoms with Gasteiger partial charge in [0.25, 0.3) is 5.91 Å². The quantitative estimate of drug-likeness (QED) is 0.280. The highest BCUT2D eigenvalue weighted by Crippen LogP contribution is 2.36. The van der Waals surface area contributed by atoms with Crippen LogP contribution in [0.3, 0.4) is 0 Å². The van der Waals surface area contributed by atoms with Gasteiger partial charge >= 0.3 is 5.97 Å². The molecule has 0 bridgehead atoms. The molecular weight excluding hydrogens is 466 g/mol. The average Bonchev–Trinajstić information content (AvgIpc) is 3.53. The van der Waals surface area contributed by atoms with Crippen LogP contribution in [0.5, 0.6) is 0 Å². The smallest absolute Gasteiger partial charge is 0.335 e. The largest absolute Gasteiger partial charge is 0.478 e. The van der Waals surface area contributed by atoms with E-state index in [2.05, 4.69) is 19.9 Å². The molecule has 0 spiro atoms. The zero-order chi connectivity index (χ0) is 25.4. The first-order valence-corrected chi connectivity index (χ1v) is 12.6. The van der Waals surface area contributed by atoms with Gasteiger partial charge in [-0.25, -0.2) is 14.8 Å². The molecule has 1 amide bonds. The van der Waals surface area contributed by atoms with Crippen LogP contribution in [0, 0.1) is 0 Å². The van der Waals surface area contributed by atoms with E-state index in [0.29, 0.717) is 29.5 Å². The number of rotatable bonds is 6. The summed E-state index contributed by atoms with van der Waals surface area (Å²) in [5.74, 6) is 0.361. The van der Waals surface area contributed by atoms with Crippen molar-refractivity contribution in [3.8, 4) is 11.4 Å². The lowest BCUT2D eigenvalue weighted by Crippen LogP contribution is -2.23. The molecule has 186 valence electrons. The van der Waals surface area contributed by atoms with Gasteiger partial charge in [0.1, 0.15) is 11.6 Å². The van der Waals surface area contributed by atoms with E-state index in [4.69, 9.17) is 4.98 Å². The number of fused-ring (bicyclic) bond motifs is 2. The first-order valence-electron chi connectivity index (χ1n) is 12.6. The zero-order valence-corrected chi connectivity index (χ0v) is 20.3. The van der Waals surface area contributed by atoms with Gasteiger partial charge in [0.2, 0.25) is 0 Å². The van der Waals surface area contributed by atoms with Crippen molar-refractivity contribution in [2.24, 2.45) is 0 Å². The molecule has 0 radical (unpaired) electrons. The fourth-order valence-electron chi connectivity index (χ4n) is 5.27. The molecular formula is C29H27N5O3. The predicted octanol–water partition coefficient (Wildman–Crippen LogP) is 5.71. The molecule has 0 saturated heterocycles. The molecule has 1 fully saturated rings. The van der Waals surface area contributed by atoms with Crippen LogP contribution in [0.25, 0.3) is 33.5 Å². The Kier molecular flexibility index (Phi) is 5.92. The lowest BCUT2D eigenvalue weighted by Gasteiger charge is -2.25. The Bertz CT molecular complexity index is 1580. The number of aromatic nitrogens is 4. The third kappa shape index (κ3) is 4.46. The third-order valence-corrected chi connectivity index (χ3v) is 7.14. The van der Waals surface area contributed by atoms with Crippen molar-refractivity contribution in [3.05, 3.63) is 83.7 Å². The number of amides is 1. The molecule has 3 N–H and O–H groups in total. The van der Waals surface area contributed by atoms with E-state index in [0.717, 1.165) is 40.8 Å². The minimum absolute atomic E-state index is 0.182. The summed E-state index contributed by atoms with van der Waals surface area (Å²) in [6, 6.07) is 20.6. The number of nitrogens with zero attached hydrogens (tertiary/aromatic N) is 3. The Labute approximate surface area is 213 Å². The average molecular weight is 494 g/mol. The van der Waals surface area contributed by atoms with E-state index in [9.17, 15) is 14.7 Å². The monoisotopic (exact) mass is 493 g/mol. The number of carboxylic acid groups (broad SMARTS) is 1. The minimum atomic E-state index is -0.964. The maximum Gasteiger partial charge on any atom is 0.335 e. The molecule has 2 heterocycles. The highest BCUT2D eigenvalue weighted by molar-refractivity contribution is 5.95. The molecule has 6 rings (SSSR count). The number of hydrogen-bond acceptors (Lipinski definition) is 4. The lowest BCUT2D eigenvalue weighted by molar-refractivity contribution is 0.0696. The van der Waals surface area contributed by atoms with E-state index < -0.39 is 5.97 Å². The molecule has 2 aromatic heterocycles. The second kappa shape index (κ2) is 9.54.